The van der Waals surface area contributed by atoms with E-state index in [1.807, 2.05) is 0 Å². The molecule has 1 atom stereocenters. The van der Waals surface area contributed by atoms with E-state index < -0.39 is 0 Å². The van der Waals surface area contributed by atoms with Gasteiger partial charge in [0.25, 0.3) is 0 Å². The maximum absolute atomic E-state index is 12.9. The fraction of sp³-hybridized carbons (Fsp3) is 0.364. The van der Waals surface area contributed by atoms with Crippen LogP contribution in [0.4, 0.5) is 4.39 Å². The van der Waals surface area contributed by atoms with Crippen LogP contribution in [0.15, 0.2) is 18.2 Å². The van der Waals surface area contributed by atoms with Gasteiger partial charge in [-0.15, -0.1) is 0 Å². The van der Waals surface area contributed by atoms with Crippen LogP contribution in [-0.2, 0) is 6.42 Å². The number of halogens is 1. The number of Topliss-reactive ketones (excluding diaryl/α,β-unsaturated/α-hetero) is 1. The Kier molecular flexibility index (Phi) is 2.33. The van der Waals surface area contributed by atoms with Crippen LogP contribution < -0.4 is 5.73 Å². The third-order valence-electron chi connectivity index (χ3n) is 2.69. The van der Waals surface area contributed by atoms with Gasteiger partial charge in [0.2, 0.25) is 0 Å². The molecule has 2 rings (SSSR count). The van der Waals surface area contributed by atoms with E-state index in [9.17, 15) is 9.18 Å². The molecule has 1 aliphatic rings. The van der Waals surface area contributed by atoms with Gasteiger partial charge in [-0.05, 0) is 36.6 Å². The zero-order valence-electron chi connectivity index (χ0n) is 7.79. The van der Waals surface area contributed by atoms with E-state index in [1.54, 1.807) is 6.07 Å². The van der Waals surface area contributed by atoms with Crippen molar-refractivity contribution in [3.63, 3.8) is 0 Å². The Labute approximate surface area is 81.9 Å². The Morgan fingerprint density at radius 2 is 2.21 bits per heavy atom. The topological polar surface area (TPSA) is 43.1 Å². The van der Waals surface area contributed by atoms with Crippen molar-refractivity contribution in [1.82, 2.24) is 0 Å². The van der Waals surface area contributed by atoms with Crippen LogP contribution in [0, 0.1) is 11.7 Å². The Hall–Kier alpha value is -1.22. The van der Waals surface area contributed by atoms with E-state index in [2.05, 4.69) is 0 Å². The predicted molar refractivity (Wildman–Crippen MR) is 51.6 cm³/mol. The van der Waals surface area contributed by atoms with Gasteiger partial charge in [-0.25, -0.2) is 4.39 Å². The largest absolute Gasteiger partial charge is 0.330 e. The molecule has 0 heterocycles. The van der Waals surface area contributed by atoms with Crippen LogP contribution in [-0.4, -0.2) is 12.3 Å². The van der Waals surface area contributed by atoms with Gasteiger partial charge in [-0.1, -0.05) is 6.07 Å². The lowest BCUT2D eigenvalue weighted by Gasteiger charge is -2.21. The van der Waals surface area contributed by atoms with Crippen molar-refractivity contribution in [2.45, 2.75) is 12.8 Å². The van der Waals surface area contributed by atoms with Crippen LogP contribution in [0.25, 0.3) is 0 Å². The number of ketones is 1. The zero-order chi connectivity index (χ0) is 10.1. The Bertz CT molecular complexity index is 376. The first-order valence-corrected chi connectivity index (χ1v) is 4.72. The maximum atomic E-state index is 12.9. The molecule has 0 fully saturated rings. The van der Waals surface area contributed by atoms with Crippen LogP contribution in [0.3, 0.4) is 0 Å². The second kappa shape index (κ2) is 3.50. The second-order valence-electron chi connectivity index (χ2n) is 3.73. The molecule has 0 bridgehead atoms. The second-order valence-corrected chi connectivity index (χ2v) is 3.73. The van der Waals surface area contributed by atoms with Crippen molar-refractivity contribution in [2.75, 3.05) is 6.54 Å². The Morgan fingerprint density at radius 3 is 2.93 bits per heavy atom. The van der Waals surface area contributed by atoms with Gasteiger partial charge < -0.3 is 5.73 Å². The summed E-state index contributed by atoms with van der Waals surface area (Å²) in [5, 5.41) is 0. The van der Waals surface area contributed by atoms with Gasteiger partial charge in [-0.2, -0.15) is 0 Å². The van der Waals surface area contributed by atoms with Crippen molar-refractivity contribution < 1.29 is 9.18 Å². The van der Waals surface area contributed by atoms with Crippen LogP contribution in [0.5, 0.6) is 0 Å². The molecular formula is C11H12FNO. The number of hydrogen-bond donors (Lipinski definition) is 1. The van der Waals surface area contributed by atoms with Crippen LogP contribution >= 0.6 is 0 Å². The number of rotatable bonds is 1. The summed E-state index contributed by atoms with van der Waals surface area (Å²) in [6, 6.07) is 4.40. The molecule has 0 amide bonds. The molecule has 0 radical (unpaired) electrons. The van der Waals surface area contributed by atoms with Crippen LogP contribution in [0.2, 0.25) is 0 Å². The van der Waals surface area contributed by atoms with Crippen molar-refractivity contribution in [1.29, 1.82) is 0 Å². The number of fused-ring (bicyclic) bond motifs is 1. The molecule has 2 N–H and O–H groups in total. The van der Waals surface area contributed by atoms with Crippen molar-refractivity contribution in [3.8, 4) is 0 Å². The average molecular weight is 193 g/mol. The molecule has 14 heavy (non-hydrogen) atoms. The minimum absolute atomic E-state index is 0.0150. The molecule has 1 aromatic rings. The first kappa shape index (κ1) is 9.34. The SMILES string of the molecule is NCC1CC(=O)c2cc(F)ccc2C1. The summed E-state index contributed by atoms with van der Waals surface area (Å²) in [6.07, 6.45) is 1.24. The maximum Gasteiger partial charge on any atom is 0.163 e. The minimum Gasteiger partial charge on any atom is -0.330 e. The monoisotopic (exact) mass is 193 g/mol. The molecule has 1 unspecified atom stereocenters. The van der Waals surface area contributed by atoms with Gasteiger partial charge in [-0.3, -0.25) is 4.79 Å². The van der Waals surface area contributed by atoms with Crippen molar-refractivity contribution in [3.05, 3.63) is 35.1 Å². The van der Waals surface area contributed by atoms with E-state index in [4.69, 9.17) is 5.73 Å². The van der Waals surface area contributed by atoms with Gasteiger partial charge in [0, 0.05) is 12.0 Å². The highest BCUT2D eigenvalue weighted by molar-refractivity contribution is 5.98. The van der Waals surface area contributed by atoms with E-state index in [0.717, 1.165) is 12.0 Å². The lowest BCUT2D eigenvalue weighted by molar-refractivity contribution is 0.0950. The number of carbonyl (C=O) groups excluding carboxylic acids is 1. The lowest BCUT2D eigenvalue weighted by atomic mass is 9.83. The van der Waals surface area contributed by atoms with Gasteiger partial charge in [0.05, 0.1) is 0 Å². The Balaban J connectivity index is 2.40. The molecule has 0 aliphatic heterocycles. The molecule has 0 saturated carbocycles. The summed E-state index contributed by atoms with van der Waals surface area (Å²) >= 11 is 0. The third-order valence-corrected chi connectivity index (χ3v) is 2.69. The first-order valence-electron chi connectivity index (χ1n) is 4.72. The lowest BCUT2D eigenvalue weighted by Crippen LogP contribution is -2.26. The summed E-state index contributed by atoms with van der Waals surface area (Å²) in [7, 11) is 0. The van der Waals surface area contributed by atoms with E-state index in [0.29, 0.717) is 18.5 Å². The molecule has 0 saturated heterocycles. The minimum atomic E-state index is -0.344. The molecule has 3 heteroatoms. The summed E-state index contributed by atoms with van der Waals surface area (Å²) in [5.41, 5.74) is 6.99. The standard InChI is InChI=1S/C11H12FNO/c12-9-2-1-8-3-7(6-13)4-11(14)10(8)5-9/h1-2,5,7H,3-4,6,13H2. The highest BCUT2D eigenvalue weighted by Crippen LogP contribution is 2.25. The number of carbonyl (C=O) groups is 1. The van der Waals surface area contributed by atoms with E-state index >= 15 is 0 Å². The molecule has 1 aliphatic carbocycles. The zero-order valence-corrected chi connectivity index (χ0v) is 7.79. The number of hydrogen-bond acceptors (Lipinski definition) is 2. The summed E-state index contributed by atoms with van der Waals surface area (Å²) in [6.45, 7) is 0.516. The normalized spacial score (nSPS) is 20.7. The highest BCUT2D eigenvalue weighted by Gasteiger charge is 2.24. The summed E-state index contributed by atoms with van der Waals surface area (Å²) < 4.78 is 12.9. The highest BCUT2D eigenvalue weighted by atomic mass is 19.1. The summed E-state index contributed by atoms with van der Waals surface area (Å²) in [4.78, 5) is 11.6. The molecule has 1 aromatic carbocycles. The third kappa shape index (κ3) is 1.55. The average Bonchev–Trinajstić information content (AvgIpc) is 2.19. The smallest absolute Gasteiger partial charge is 0.163 e. The molecule has 0 aromatic heterocycles. The molecular weight excluding hydrogens is 181 g/mol. The van der Waals surface area contributed by atoms with Crippen molar-refractivity contribution >= 4 is 5.78 Å². The predicted octanol–water partition coefficient (Wildman–Crippen LogP) is 1.53. The molecule has 2 nitrogen and oxygen atoms in total. The first-order chi connectivity index (χ1) is 6.70. The van der Waals surface area contributed by atoms with E-state index in [1.165, 1.54) is 12.1 Å². The van der Waals surface area contributed by atoms with Crippen molar-refractivity contribution in [2.24, 2.45) is 11.7 Å². The van der Waals surface area contributed by atoms with Gasteiger partial charge >= 0.3 is 0 Å². The molecule has 74 valence electrons. The van der Waals surface area contributed by atoms with E-state index in [-0.39, 0.29) is 17.5 Å². The fourth-order valence-electron chi connectivity index (χ4n) is 1.91. The summed E-state index contributed by atoms with van der Waals surface area (Å²) in [5.74, 6) is -0.107. The molecule has 0 spiro atoms. The fourth-order valence-corrected chi connectivity index (χ4v) is 1.91. The van der Waals surface area contributed by atoms with Gasteiger partial charge in [0.15, 0.2) is 5.78 Å². The van der Waals surface area contributed by atoms with Gasteiger partial charge in [0.1, 0.15) is 5.82 Å². The quantitative estimate of drug-likeness (QED) is 0.735. The number of benzene rings is 1. The number of nitrogens with two attached hydrogens (primary N) is 1. The Morgan fingerprint density at radius 1 is 1.43 bits per heavy atom. The van der Waals surface area contributed by atoms with Crippen LogP contribution in [0.1, 0.15) is 22.3 Å².